The molecule has 2 aromatic heterocycles. The fraction of sp³-hybridized carbons (Fsp3) is 0.200. The fourth-order valence-electron chi connectivity index (χ4n) is 1.13. The van der Waals surface area contributed by atoms with Crippen LogP contribution in [0.4, 0.5) is 5.82 Å². The molecule has 0 aliphatic heterocycles. The predicted octanol–water partition coefficient (Wildman–Crippen LogP) is 1.95. The van der Waals surface area contributed by atoms with E-state index < -0.39 is 0 Å². The second kappa shape index (κ2) is 4.89. The van der Waals surface area contributed by atoms with Crippen LogP contribution in [-0.2, 0) is 6.61 Å². The van der Waals surface area contributed by atoms with E-state index in [4.69, 9.17) is 14.9 Å². The Balaban J connectivity index is 2.06. The Bertz CT molecular complexity index is 459. The number of aromatic nitrogens is 2. The lowest BCUT2D eigenvalue weighted by molar-refractivity contribution is 0.258. The van der Waals surface area contributed by atoms with Gasteiger partial charge in [0.25, 0.3) is 0 Å². The van der Waals surface area contributed by atoms with Crippen LogP contribution in [0.15, 0.2) is 34.0 Å². The maximum atomic E-state index is 5.62. The molecule has 0 aliphatic carbocycles. The molecule has 2 aromatic rings. The maximum Gasteiger partial charge on any atom is 0.219 e. The van der Waals surface area contributed by atoms with Gasteiger partial charge in [0.1, 0.15) is 18.2 Å². The lowest BCUT2D eigenvalue weighted by Crippen LogP contribution is -2.00. The highest BCUT2D eigenvalue weighted by Crippen LogP contribution is 2.17. The summed E-state index contributed by atoms with van der Waals surface area (Å²) in [6.07, 6.45) is 3.48. The third-order valence-electron chi connectivity index (χ3n) is 1.83. The molecule has 5 nitrogen and oxygen atoms in total. The monoisotopic (exact) mass is 237 g/mol. The maximum absolute atomic E-state index is 5.62. The second-order valence-electron chi connectivity index (χ2n) is 2.99. The van der Waals surface area contributed by atoms with Crippen LogP contribution < -0.4 is 10.5 Å². The third-order valence-corrected chi connectivity index (χ3v) is 2.37. The van der Waals surface area contributed by atoms with Gasteiger partial charge in [-0.05, 0) is 18.4 Å². The molecule has 16 heavy (non-hydrogen) atoms. The molecule has 0 spiro atoms. The zero-order valence-corrected chi connectivity index (χ0v) is 9.53. The van der Waals surface area contributed by atoms with Gasteiger partial charge in [0, 0.05) is 6.07 Å². The minimum Gasteiger partial charge on any atom is -0.469 e. The van der Waals surface area contributed by atoms with Gasteiger partial charge in [-0.15, -0.1) is 0 Å². The quantitative estimate of drug-likeness (QED) is 0.647. The number of rotatable bonds is 4. The molecule has 0 radical (unpaired) electrons. The molecule has 0 saturated heterocycles. The van der Waals surface area contributed by atoms with Gasteiger partial charge in [-0.25, -0.2) is 4.98 Å². The van der Waals surface area contributed by atoms with Crippen LogP contribution in [0.3, 0.4) is 0 Å². The number of hydrogen-bond acceptors (Lipinski definition) is 6. The zero-order valence-electron chi connectivity index (χ0n) is 8.71. The van der Waals surface area contributed by atoms with Crippen molar-refractivity contribution in [3.8, 4) is 5.88 Å². The van der Waals surface area contributed by atoms with Gasteiger partial charge in [-0.3, -0.25) is 0 Å². The van der Waals surface area contributed by atoms with Crippen LogP contribution in [0.25, 0.3) is 0 Å². The van der Waals surface area contributed by atoms with Gasteiger partial charge in [-0.1, -0.05) is 11.8 Å². The van der Waals surface area contributed by atoms with Gasteiger partial charge >= 0.3 is 0 Å². The molecule has 2 N–H and O–H groups in total. The molecule has 2 rings (SSSR count). The zero-order chi connectivity index (χ0) is 11.4. The molecule has 0 aliphatic rings. The molecule has 0 aromatic carbocycles. The predicted molar refractivity (Wildman–Crippen MR) is 61.3 cm³/mol. The number of furan rings is 1. The number of nitrogens with zero attached hydrogens (tertiary/aromatic N) is 2. The van der Waals surface area contributed by atoms with Crippen molar-refractivity contribution in [3.63, 3.8) is 0 Å². The van der Waals surface area contributed by atoms with Crippen molar-refractivity contribution in [1.82, 2.24) is 9.97 Å². The Labute approximate surface area is 97.0 Å². The van der Waals surface area contributed by atoms with Crippen LogP contribution in [0.5, 0.6) is 5.88 Å². The van der Waals surface area contributed by atoms with E-state index in [9.17, 15) is 0 Å². The first kappa shape index (κ1) is 10.8. The molecule has 0 saturated carbocycles. The van der Waals surface area contributed by atoms with E-state index in [0.717, 1.165) is 5.76 Å². The van der Waals surface area contributed by atoms with Crippen molar-refractivity contribution in [2.45, 2.75) is 11.8 Å². The summed E-state index contributed by atoms with van der Waals surface area (Å²) in [5.74, 6) is 1.59. The summed E-state index contributed by atoms with van der Waals surface area (Å²) < 4.78 is 10.6. The number of nitrogens with two attached hydrogens (primary N) is 1. The molecule has 0 amide bonds. The molecule has 6 heteroatoms. The molecular weight excluding hydrogens is 226 g/mol. The van der Waals surface area contributed by atoms with Crippen LogP contribution in [-0.4, -0.2) is 16.2 Å². The average Bonchev–Trinajstić information content (AvgIpc) is 2.78. The topological polar surface area (TPSA) is 74.2 Å². The van der Waals surface area contributed by atoms with Crippen LogP contribution in [0.2, 0.25) is 0 Å². The van der Waals surface area contributed by atoms with Crippen molar-refractivity contribution in [2.75, 3.05) is 12.0 Å². The van der Waals surface area contributed by atoms with Crippen molar-refractivity contribution >= 4 is 17.6 Å². The normalized spacial score (nSPS) is 10.3. The van der Waals surface area contributed by atoms with Gasteiger partial charge in [-0.2, -0.15) is 4.98 Å². The molecule has 2 heterocycles. The Hall–Kier alpha value is -1.69. The molecule has 0 unspecified atom stereocenters. The number of thioether (sulfide) groups is 1. The smallest absolute Gasteiger partial charge is 0.219 e. The van der Waals surface area contributed by atoms with Crippen LogP contribution >= 0.6 is 11.8 Å². The third kappa shape index (κ3) is 2.66. The Kier molecular flexibility index (Phi) is 3.31. The van der Waals surface area contributed by atoms with Crippen molar-refractivity contribution in [1.29, 1.82) is 0 Å². The highest BCUT2D eigenvalue weighted by molar-refractivity contribution is 7.98. The Morgan fingerprint density at radius 1 is 1.50 bits per heavy atom. The minimum absolute atomic E-state index is 0.331. The second-order valence-corrected chi connectivity index (χ2v) is 3.76. The van der Waals surface area contributed by atoms with Gasteiger partial charge in [0.05, 0.1) is 6.26 Å². The van der Waals surface area contributed by atoms with E-state index in [1.807, 2.05) is 12.3 Å². The SMILES string of the molecule is CSc1nc(N)cc(OCc2ccco2)n1. The lowest BCUT2D eigenvalue weighted by Gasteiger charge is -2.05. The standard InChI is InChI=1S/C10H11N3O2S/c1-16-10-12-8(11)5-9(13-10)15-6-7-3-2-4-14-7/h2-5H,6H2,1H3,(H2,11,12,13). The number of ether oxygens (including phenoxy) is 1. The average molecular weight is 237 g/mol. The van der Waals surface area contributed by atoms with Crippen LogP contribution in [0, 0.1) is 0 Å². The first-order valence-corrected chi connectivity index (χ1v) is 5.84. The fourth-order valence-corrected chi connectivity index (χ4v) is 1.50. The summed E-state index contributed by atoms with van der Waals surface area (Å²) in [6.45, 7) is 0.331. The molecule has 0 atom stereocenters. The van der Waals surface area contributed by atoms with E-state index >= 15 is 0 Å². The summed E-state index contributed by atoms with van der Waals surface area (Å²) in [7, 11) is 0. The summed E-state index contributed by atoms with van der Waals surface area (Å²) in [5, 5.41) is 0.592. The summed E-state index contributed by atoms with van der Waals surface area (Å²) >= 11 is 1.41. The molecule has 84 valence electrons. The number of nitrogen functional groups attached to an aromatic ring is 1. The van der Waals surface area contributed by atoms with Crippen molar-refractivity contribution in [3.05, 3.63) is 30.2 Å². The van der Waals surface area contributed by atoms with E-state index in [1.165, 1.54) is 11.8 Å². The first-order valence-electron chi connectivity index (χ1n) is 4.61. The summed E-state index contributed by atoms with van der Waals surface area (Å²) in [6, 6.07) is 5.23. The Morgan fingerprint density at radius 3 is 3.06 bits per heavy atom. The van der Waals surface area contributed by atoms with E-state index in [1.54, 1.807) is 18.4 Å². The highest BCUT2D eigenvalue weighted by Gasteiger charge is 2.04. The van der Waals surface area contributed by atoms with E-state index in [-0.39, 0.29) is 0 Å². The van der Waals surface area contributed by atoms with Crippen LogP contribution in [0.1, 0.15) is 5.76 Å². The largest absolute Gasteiger partial charge is 0.469 e. The molecular formula is C10H11N3O2S. The van der Waals surface area contributed by atoms with Gasteiger partial charge < -0.3 is 14.9 Å². The van der Waals surface area contributed by atoms with E-state index in [0.29, 0.717) is 23.5 Å². The minimum atomic E-state index is 0.331. The van der Waals surface area contributed by atoms with Crippen molar-refractivity contribution < 1.29 is 9.15 Å². The van der Waals surface area contributed by atoms with Gasteiger partial charge in [0.2, 0.25) is 5.88 Å². The van der Waals surface area contributed by atoms with E-state index in [2.05, 4.69) is 9.97 Å². The molecule has 0 bridgehead atoms. The first-order chi connectivity index (χ1) is 7.78. The number of hydrogen-bond donors (Lipinski definition) is 1. The summed E-state index contributed by atoms with van der Waals surface area (Å²) in [5.41, 5.74) is 5.62. The number of anilines is 1. The lowest BCUT2D eigenvalue weighted by atomic mass is 10.5. The Morgan fingerprint density at radius 2 is 2.38 bits per heavy atom. The van der Waals surface area contributed by atoms with Crippen molar-refractivity contribution in [2.24, 2.45) is 0 Å². The van der Waals surface area contributed by atoms with Gasteiger partial charge in [0.15, 0.2) is 5.16 Å². The summed E-state index contributed by atoms with van der Waals surface area (Å²) in [4.78, 5) is 8.18. The molecule has 0 fully saturated rings. The highest BCUT2D eigenvalue weighted by atomic mass is 32.2.